The van der Waals surface area contributed by atoms with E-state index in [4.69, 9.17) is 23.1 Å². The molecule has 0 spiro atoms. The zero-order valence-electron chi connectivity index (χ0n) is 13.3. The van der Waals surface area contributed by atoms with Gasteiger partial charge in [0.15, 0.2) is 5.96 Å². The summed E-state index contributed by atoms with van der Waals surface area (Å²) in [5.74, 6) is 0.578. The smallest absolute Gasteiger partial charge is 0.230 e. The molecule has 0 saturated carbocycles. The summed E-state index contributed by atoms with van der Waals surface area (Å²) in [6.07, 6.45) is 0. The Morgan fingerprint density at radius 3 is 2.67 bits per heavy atom. The highest BCUT2D eigenvalue weighted by Gasteiger charge is 2.13. The second-order valence-corrected chi connectivity index (χ2v) is 5.82. The Balaban J connectivity index is 2.28. The van der Waals surface area contributed by atoms with E-state index in [2.05, 4.69) is 20.3 Å². The third-order valence-corrected chi connectivity index (χ3v) is 3.84. The van der Waals surface area contributed by atoms with Crippen molar-refractivity contribution in [3.8, 4) is 11.3 Å². The lowest BCUT2D eigenvalue weighted by molar-refractivity contribution is 1.21. The van der Waals surface area contributed by atoms with Crippen molar-refractivity contribution in [2.45, 2.75) is 6.92 Å². The van der Waals surface area contributed by atoms with Gasteiger partial charge < -0.3 is 11.5 Å². The fraction of sp³-hybridized carbons (Fsp3) is 0.118. The maximum Gasteiger partial charge on any atom is 0.230 e. The van der Waals surface area contributed by atoms with Gasteiger partial charge in [0.2, 0.25) is 5.95 Å². The predicted octanol–water partition coefficient (Wildman–Crippen LogP) is 3.20. The van der Waals surface area contributed by atoms with Crippen LogP contribution >= 0.6 is 11.6 Å². The van der Waals surface area contributed by atoms with Crippen LogP contribution < -0.4 is 16.8 Å². The molecular weight excluding hydrogens is 324 g/mol. The van der Waals surface area contributed by atoms with Crippen LogP contribution in [-0.2, 0) is 0 Å². The van der Waals surface area contributed by atoms with E-state index in [-0.39, 0.29) is 5.96 Å². The third kappa shape index (κ3) is 3.09. The Morgan fingerprint density at radius 1 is 1.17 bits per heavy atom. The maximum atomic E-state index is 6.20. The van der Waals surface area contributed by atoms with Gasteiger partial charge in [0.1, 0.15) is 0 Å². The third-order valence-electron chi connectivity index (χ3n) is 3.60. The van der Waals surface area contributed by atoms with Gasteiger partial charge >= 0.3 is 0 Å². The number of nitrogens with zero attached hydrogens (tertiary/aromatic N) is 3. The first-order chi connectivity index (χ1) is 11.5. The first-order valence-corrected chi connectivity index (χ1v) is 7.69. The summed E-state index contributed by atoms with van der Waals surface area (Å²) in [6.45, 7) is 1.99. The van der Waals surface area contributed by atoms with Gasteiger partial charge in [0.25, 0.3) is 0 Å². The molecule has 0 radical (unpaired) electrons. The minimum absolute atomic E-state index is 0.228. The Kier molecular flexibility index (Phi) is 4.22. The number of halogens is 1. The highest BCUT2D eigenvalue weighted by molar-refractivity contribution is 6.31. The SMILES string of the molecule is CN=C(N)Nc1nc(-c2ccc(C)cc2N)c2cc(Cl)ccc2n1. The zero-order chi connectivity index (χ0) is 17.3. The van der Waals surface area contributed by atoms with Crippen LogP contribution in [0.15, 0.2) is 41.4 Å². The van der Waals surface area contributed by atoms with Crippen LogP contribution in [0, 0.1) is 6.92 Å². The van der Waals surface area contributed by atoms with Crippen LogP contribution in [0.1, 0.15) is 5.56 Å². The van der Waals surface area contributed by atoms with Crippen molar-refractivity contribution in [1.29, 1.82) is 0 Å². The van der Waals surface area contributed by atoms with Crippen LogP contribution in [0.3, 0.4) is 0 Å². The Labute approximate surface area is 144 Å². The van der Waals surface area contributed by atoms with Gasteiger partial charge in [0, 0.05) is 28.7 Å². The van der Waals surface area contributed by atoms with E-state index < -0.39 is 0 Å². The molecule has 0 fully saturated rings. The summed E-state index contributed by atoms with van der Waals surface area (Å²) >= 11 is 6.15. The Morgan fingerprint density at radius 2 is 1.96 bits per heavy atom. The number of nitrogens with two attached hydrogens (primary N) is 2. The number of aliphatic imine (C=N–C) groups is 1. The first-order valence-electron chi connectivity index (χ1n) is 7.31. The molecule has 0 aliphatic carbocycles. The number of guanidine groups is 1. The van der Waals surface area contributed by atoms with Gasteiger partial charge in [0.05, 0.1) is 11.2 Å². The van der Waals surface area contributed by atoms with Crippen LogP contribution in [0.5, 0.6) is 0 Å². The summed E-state index contributed by atoms with van der Waals surface area (Å²) in [5, 5.41) is 4.29. The number of aromatic nitrogens is 2. The van der Waals surface area contributed by atoms with Crippen molar-refractivity contribution in [3.63, 3.8) is 0 Å². The molecule has 0 atom stereocenters. The molecule has 2 aromatic carbocycles. The zero-order valence-corrected chi connectivity index (χ0v) is 14.1. The van der Waals surface area contributed by atoms with E-state index in [1.165, 1.54) is 0 Å². The summed E-state index contributed by atoms with van der Waals surface area (Å²) in [4.78, 5) is 12.9. The monoisotopic (exact) mass is 340 g/mol. The number of benzene rings is 2. The topological polar surface area (TPSA) is 102 Å². The van der Waals surface area contributed by atoms with Crippen LogP contribution in [0.4, 0.5) is 11.6 Å². The molecule has 3 aromatic rings. The lowest BCUT2D eigenvalue weighted by atomic mass is 10.0. The average Bonchev–Trinajstić information content (AvgIpc) is 2.54. The number of nitrogens with one attached hydrogen (secondary N) is 1. The molecule has 0 amide bonds. The molecule has 0 bridgehead atoms. The highest BCUT2D eigenvalue weighted by Crippen LogP contribution is 2.33. The minimum Gasteiger partial charge on any atom is -0.398 e. The molecule has 122 valence electrons. The number of aryl methyl sites for hydroxylation is 1. The predicted molar refractivity (Wildman–Crippen MR) is 100 cm³/mol. The molecule has 6 nitrogen and oxygen atoms in total. The van der Waals surface area contributed by atoms with Crippen LogP contribution in [0.2, 0.25) is 5.02 Å². The van der Waals surface area contributed by atoms with E-state index in [9.17, 15) is 0 Å². The van der Waals surface area contributed by atoms with E-state index >= 15 is 0 Å². The van der Waals surface area contributed by atoms with Crippen molar-refractivity contribution in [1.82, 2.24) is 9.97 Å². The molecule has 24 heavy (non-hydrogen) atoms. The lowest BCUT2D eigenvalue weighted by Gasteiger charge is -2.12. The normalized spacial score (nSPS) is 11.7. The Bertz CT molecular complexity index is 951. The van der Waals surface area contributed by atoms with Crippen molar-refractivity contribution in [3.05, 3.63) is 47.0 Å². The molecule has 0 saturated heterocycles. The molecule has 1 aromatic heterocycles. The van der Waals surface area contributed by atoms with Gasteiger partial charge in [-0.15, -0.1) is 0 Å². The largest absolute Gasteiger partial charge is 0.398 e. The summed E-state index contributed by atoms with van der Waals surface area (Å²) in [5.41, 5.74) is 15.9. The molecule has 0 unspecified atom stereocenters. The molecule has 5 N–H and O–H groups in total. The van der Waals surface area contributed by atoms with Crippen LogP contribution in [-0.4, -0.2) is 23.0 Å². The second kappa shape index (κ2) is 6.33. The van der Waals surface area contributed by atoms with Gasteiger partial charge in [-0.05, 0) is 36.8 Å². The summed E-state index contributed by atoms with van der Waals surface area (Å²) < 4.78 is 0. The van der Waals surface area contributed by atoms with Crippen LogP contribution in [0.25, 0.3) is 22.2 Å². The molecule has 1 heterocycles. The van der Waals surface area contributed by atoms with Crippen molar-refractivity contribution in [2.24, 2.45) is 10.7 Å². The Hall–Kier alpha value is -2.86. The number of nitrogen functional groups attached to an aromatic ring is 1. The summed E-state index contributed by atoms with van der Waals surface area (Å²) in [6, 6.07) is 11.3. The molecule has 0 aliphatic heterocycles. The molecular formula is C17H17ClN6. The number of fused-ring (bicyclic) bond motifs is 1. The van der Waals surface area contributed by atoms with Gasteiger partial charge in [-0.1, -0.05) is 23.7 Å². The van der Waals surface area contributed by atoms with Gasteiger partial charge in [-0.25, -0.2) is 9.97 Å². The molecule has 7 heteroatoms. The van der Waals surface area contributed by atoms with E-state index in [1.807, 2.05) is 37.3 Å². The number of hydrogen-bond donors (Lipinski definition) is 3. The fourth-order valence-corrected chi connectivity index (χ4v) is 2.60. The van der Waals surface area contributed by atoms with Gasteiger partial charge in [-0.3, -0.25) is 10.3 Å². The summed E-state index contributed by atoms with van der Waals surface area (Å²) in [7, 11) is 1.59. The average molecular weight is 341 g/mol. The van der Waals surface area contributed by atoms with E-state index in [1.54, 1.807) is 13.1 Å². The molecule has 3 rings (SSSR count). The second-order valence-electron chi connectivity index (χ2n) is 5.38. The van der Waals surface area contributed by atoms with Crippen molar-refractivity contribution < 1.29 is 0 Å². The quantitative estimate of drug-likeness (QED) is 0.377. The first kappa shape index (κ1) is 16.0. The van der Waals surface area contributed by atoms with E-state index in [0.717, 1.165) is 22.0 Å². The highest BCUT2D eigenvalue weighted by atomic mass is 35.5. The minimum atomic E-state index is 0.228. The number of anilines is 2. The number of hydrogen-bond acceptors (Lipinski definition) is 4. The fourth-order valence-electron chi connectivity index (χ4n) is 2.43. The van der Waals surface area contributed by atoms with E-state index in [0.29, 0.717) is 22.4 Å². The van der Waals surface area contributed by atoms with Crippen molar-refractivity contribution in [2.75, 3.05) is 18.1 Å². The lowest BCUT2D eigenvalue weighted by Crippen LogP contribution is -2.23. The molecule has 0 aliphatic rings. The van der Waals surface area contributed by atoms with Crippen molar-refractivity contribution >= 4 is 40.1 Å². The number of rotatable bonds is 2. The van der Waals surface area contributed by atoms with Gasteiger partial charge in [-0.2, -0.15) is 0 Å². The standard InChI is InChI=1S/C17H17ClN6/c1-9-3-5-11(13(19)7-9)15-12-8-10(18)4-6-14(12)22-17(23-15)24-16(20)21-2/h3-8H,19H2,1-2H3,(H3,20,21,22,23,24). The maximum absolute atomic E-state index is 6.20.